The lowest BCUT2D eigenvalue weighted by molar-refractivity contribution is -0.122. The molecule has 1 aromatic rings. The van der Waals surface area contributed by atoms with E-state index in [0.717, 1.165) is 5.56 Å². The maximum Gasteiger partial charge on any atom is 0.246 e. The van der Waals surface area contributed by atoms with Gasteiger partial charge in [0.1, 0.15) is 6.04 Å². The summed E-state index contributed by atoms with van der Waals surface area (Å²) in [5, 5.41) is 5.40. The highest BCUT2D eigenvalue weighted by atomic mass is 16.2. The Labute approximate surface area is 99.4 Å². The lowest BCUT2D eigenvalue weighted by Crippen LogP contribution is -2.37. The first-order valence-corrected chi connectivity index (χ1v) is 5.58. The third-order valence-electron chi connectivity index (χ3n) is 2.74. The average molecular weight is 233 g/mol. The molecule has 1 saturated heterocycles. The summed E-state index contributed by atoms with van der Waals surface area (Å²) in [6, 6.07) is 6.95. The van der Waals surface area contributed by atoms with Crippen LogP contribution in [0, 0.1) is 0 Å². The first-order chi connectivity index (χ1) is 8.19. The number of nitrogens with two attached hydrogens (primary N) is 1. The predicted molar refractivity (Wildman–Crippen MR) is 64.1 cm³/mol. The molecule has 1 fully saturated rings. The van der Waals surface area contributed by atoms with Crippen LogP contribution in [0.25, 0.3) is 0 Å². The van der Waals surface area contributed by atoms with Crippen molar-refractivity contribution in [3.63, 3.8) is 0 Å². The summed E-state index contributed by atoms with van der Waals surface area (Å²) < 4.78 is 0. The Balaban J connectivity index is 2.00. The molecule has 17 heavy (non-hydrogen) atoms. The summed E-state index contributed by atoms with van der Waals surface area (Å²) in [6.45, 7) is 0.434. The molecule has 1 aliphatic rings. The second-order valence-electron chi connectivity index (χ2n) is 4.05. The first-order valence-electron chi connectivity index (χ1n) is 5.58. The lowest BCUT2D eigenvalue weighted by Gasteiger charge is -2.11. The molecule has 0 aromatic heterocycles. The Morgan fingerprint density at radius 2 is 2.35 bits per heavy atom. The van der Waals surface area contributed by atoms with Gasteiger partial charge in [0, 0.05) is 18.7 Å². The van der Waals surface area contributed by atoms with Gasteiger partial charge < -0.3 is 16.4 Å². The van der Waals surface area contributed by atoms with Crippen molar-refractivity contribution in [1.29, 1.82) is 0 Å². The van der Waals surface area contributed by atoms with Crippen molar-refractivity contribution in [1.82, 2.24) is 5.32 Å². The van der Waals surface area contributed by atoms with Crippen LogP contribution in [-0.2, 0) is 16.1 Å². The minimum atomic E-state index is -0.413. The van der Waals surface area contributed by atoms with Gasteiger partial charge in [-0.15, -0.1) is 0 Å². The van der Waals surface area contributed by atoms with Crippen molar-refractivity contribution in [3.05, 3.63) is 29.8 Å². The van der Waals surface area contributed by atoms with E-state index in [9.17, 15) is 9.59 Å². The van der Waals surface area contributed by atoms with Gasteiger partial charge in [-0.1, -0.05) is 12.1 Å². The van der Waals surface area contributed by atoms with Crippen molar-refractivity contribution in [2.24, 2.45) is 5.73 Å². The Bertz CT molecular complexity index is 445. The van der Waals surface area contributed by atoms with E-state index < -0.39 is 6.04 Å². The molecule has 1 heterocycles. The zero-order valence-corrected chi connectivity index (χ0v) is 9.40. The average Bonchev–Trinajstić information content (AvgIpc) is 2.76. The van der Waals surface area contributed by atoms with Crippen LogP contribution in [0.3, 0.4) is 0 Å². The van der Waals surface area contributed by atoms with E-state index in [4.69, 9.17) is 5.73 Å². The molecule has 1 aromatic carbocycles. The van der Waals surface area contributed by atoms with Crippen molar-refractivity contribution < 1.29 is 9.59 Å². The SMILES string of the molecule is NCc1cccc(NC(=O)C2CCC(=O)N2)c1. The van der Waals surface area contributed by atoms with Crippen LogP contribution in [0.5, 0.6) is 0 Å². The number of hydrogen-bond donors (Lipinski definition) is 3. The summed E-state index contributed by atoms with van der Waals surface area (Å²) in [4.78, 5) is 22.8. The Morgan fingerprint density at radius 1 is 1.53 bits per heavy atom. The molecule has 2 rings (SSSR count). The standard InChI is InChI=1S/C12H15N3O2/c13-7-8-2-1-3-9(6-8)14-12(17)10-4-5-11(16)15-10/h1-3,6,10H,4-5,7,13H2,(H,14,17)(H,15,16). The minimum Gasteiger partial charge on any atom is -0.344 e. The molecule has 0 bridgehead atoms. The molecule has 5 heteroatoms. The molecule has 1 unspecified atom stereocenters. The van der Waals surface area contributed by atoms with Crippen LogP contribution >= 0.6 is 0 Å². The highest BCUT2D eigenvalue weighted by molar-refractivity contribution is 5.98. The van der Waals surface area contributed by atoms with E-state index in [2.05, 4.69) is 10.6 Å². The van der Waals surface area contributed by atoms with E-state index in [-0.39, 0.29) is 11.8 Å². The number of amides is 2. The third-order valence-corrected chi connectivity index (χ3v) is 2.74. The normalized spacial score (nSPS) is 18.9. The number of benzene rings is 1. The fourth-order valence-corrected chi connectivity index (χ4v) is 1.82. The Kier molecular flexibility index (Phi) is 3.39. The molecular weight excluding hydrogens is 218 g/mol. The van der Waals surface area contributed by atoms with Gasteiger partial charge in [-0.2, -0.15) is 0 Å². The summed E-state index contributed by atoms with van der Waals surface area (Å²) in [6.07, 6.45) is 0.974. The first kappa shape index (κ1) is 11.6. The summed E-state index contributed by atoms with van der Waals surface area (Å²) >= 11 is 0. The number of carbonyl (C=O) groups excluding carboxylic acids is 2. The van der Waals surface area contributed by atoms with Gasteiger partial charge in [-0.3, -0.25) is 9.59 Å². The van der Waals surface area contributed by atoms with Gasteiger partial charge in [0.15, 0.2) is 0 Å². The summed E-state index contributed by atoms with van der Waals surface area (Å²) in [5.74, 6) is -0.245. The molecule has 0 radical (unpaired) electrons. The zero-order valence-electron chi connectivity index (χ0n) is 9.40. The Hall–Kier alpha value is -1.88. The molecule has 2 amide bonds. The molecule has 1 aliphatic heterocycles. The number of rotatable bonds is 3. The van der Waals surface area contributed by atoms with Crippen molar-refractivity contribution in [2.45, 2.75) is 25.4 Å². The van der Waals surface area contributed by atoms with E-state index >= 15 is 0 Å². The predicted octanol–water partition coefficient (Wildman–Crippen LogP) is 0.362. The zero-order chi connectivity index (χ0) is 12.3. The molecule has 1 atom stereocenters. The van der Waals surface area contributed by atoms with Crippen LogP contribution in [0.1, 0.15) is 18.4 Å². The van der Waals surface area contributed by atoms with Crippen LogP contribution in [0.2, 0.25) is 0 Å². The number of anilines is 1. The monoisotopic (exact) mass is 233 g/mol. The molecule has 90 valence electrons. The topological polar surface area (TPSA) is 84.2 Å². The van der Waals surface area contributed by atoms with Crippen molar-refractivity contribution in [2.75, 3.05) is 5.32 Å². The van der Waals surface area contributed by atoms with Gasteiger partial charge >= 0.3 is 0 Å². The van der Waals surface area contributed by atoms with Gasteiger partial charge in [0.25, 0.3) is 0 Å². The van der Waals surface area contributed by atoms with Crippen molar-refractivity contribution >= 4 is 17.5 Å². The summed E-state index contributed by atoms with van der Waals surface area (Å²) in [5.41, 5.74) is 7.18. The molecule has 4 N–H and O–H groups in total. The van der Waals surface area contributed by atoms with E-state index in [1.807, 2.05) is 18.2 Å². The number of hydrogen-bond acceptors (Lipinski definition) is 3. The molecule has 5 nitrogen and oxygen atoms in total. The van der Waals surface area contributed by atoms with Gasteiger partial charge in [-0.25, -0.2) is 0 Å². The van der Waals surface area contributed by atoms with Crippen LogP contribution in [-0.4, -0.2) is 17.9 Å². The summed E-state index contributed by atoms with van der Waals surface area (Å²) in [7, 11) is 0. The quantitative estimate of drug-likeness (QED) is 0.705. The fourth-order valence-electron chi connectivity index (χ4n) is 1.82. The highest BCUT2D eigenvalue weighted by Gasteiger charge is 2.26. The third kappa shape index (κ3) is 2.82. The highest BCUT2D eigenvalue weighted by Crippen LogP contribution is 2.13. The van der Waals surface area contributed by atoms with E-state index in [1.54, 1.807) is 6.07 Å². The molecule has 0 spiro atoms. The van der Waals surface area contributed by atoms with Gasteiger partial charge in [0.05, 0.1) is 0 Å². The number of nitrogens with one attached hydrogen (secondary N) is 2. The van der Waals surface area contributed by atoms with Crippen LogP contribution in [0.15, 0.2) is 24.3 Å². The smallest absolute Gasteiger partial charge is 0.246 e. The number of carbonyl (C=O) groups is 2. The maximum atomic E-state index is 11.8. The van der Waals surface area contributed by atoms with E-state index in [1.165, 1.54) is 0 Å². The largest absolute Gasteiger partial charge is 0.344 e. The second kappa shape index (κ2) is 4.97. The molecule has 0 saturated carbocycles. The Morgan fingerprint density at radius 3 is 3.00 bits per heavy atom. The lowest BCUT2D eigenvalue weighted by atomic mass is 10.2. The maximum absolute atomic E-state index is 11.8. The van der Waals surface area contributed by atoms with Crippen LogP contribution < -0.4 is 16.4 Å². The van der Waals surface area contributed by atoms with E-state index in [0.29, 0.717) is 25.1 Å². The van der Waals surface area contributed by atoms with Gasteiger partial charge in [0.2, 0.25) is 11.8 Å². The second-order valence-corrected chi connectivity index (χ2v) is 4.05. The van der Waals surface area contributed by atoms with Gasteiger partial charge in [-0.05, 0) is 24.1 Å². The minimum absolute atomic E-state index is 0.0686. The fraction of sp³-hybridized carbons (Fsp3) is 0.333. The molecular formula is C12H15N3O2. The van der Waals surface area contributed by atoms with Crippen molar-refractivity contribution in [3.8, 4) is 0 Å². The van der Waals surface area contributed by atoms with Crippen LogP contribution in [0.4, 0.5) is 5.69 Å². The molecule has 0 aliphatic carbocycles.